The molecule has 0 amide bonds. The first-order valence-electron chi connectivity index (χ1n) is 5.61. The number of rotatable bonds is 5. The van der Waals surface area contributed by atoms with Gasteiger partial charge in [-0.15, -0.1) is 0 Å². The first kappa shape index (κ1) is 12.6. The maximum atomic E-state index is 2.34. The van der Waals surface area contributed by atoms with Crippen LogP contribution in [0.5, 0.6) is 0 Å². The molecule has 15 heavy (non-hydrogen) atoms. The van der Waals surface area contributed by atoms with Crippen molar-refractivity contribution in [2.24, 2.45) is 0 Å². The van der Waals surface area contributed by atoms with Crippen LogP contribution in [0.15, 0.2) is 29.2 Å². The van der Waals surface area contributed by atoms with E-state index in [4.69, 9.17) is 0 Å². The fraction of sp³-hybridized carbons (Fsp3) is 0.538. The van der Waals surface area contributed by atoms with Crippen molar-refractivity contribution in [3.63, 3.8) is 0 Å². The van der Waals surface area contributed by atoms with Crippen molar-refractivity contribution in [3.05, 3.63) is 29.8 Å². The van der Waals surface area contributed by atoms with Crippen LogP contribution in [-0.4, -0.2) is 17.4 Å². The predicted octanol–water partition coefficient (Wildman–Crippen LogP) is 4.12. The molecule has 1 rings (SSSR count). The van der Waals surface area contributed by atoms with Gasteiger partial charge in [-0.1, -0.05) is 31.0 Å². The molecule has 0 aliphatic heterocycles. The van der Waals surface area contributed by atoms with E-state index in [1.807, 2.05) is 11.9 Å². The lowest BCUT2D eigenvalue weighted by Crippen LogP contribution is -2.21. The van der Waals surface area contributed by atoms with E-state index in [9.17, 15) is 0 Å². The first-order valence-corrected chi connectivity index (χ1v) is 6.38. The van der Waals surface area contributed by atoms with Crippen molar-refractivity contribution in [2.75, 3.05) is 7.05 Å². The third kappa shape index (κ3) is 4.27. The number of benzene rings is 1. The van der Waals surface area contributed by atoms with Gasteiger partial charge in [0.05, 0.1) is 0 Å². The molecule has 0 saturated heterocycles. The number of hydrogen-bond acceptors (Lipinski definition) is 2. The fourth-order valence-corrected chi connectivity index (χ4v) is 2.33. The smallest absolute Gasteiger partial charge is 0.0230 e. The van der Waals surface area contributed by atoms with E-state index < -0.39 is 0 Å². The van der Waals surface area contributed by atoms with Gasteiger partial charge in [0.25, 0.3) is 0 Å². The van der Waals surface area contributed by atoms with E-state index in [1.54, 1.807) is 0 Å². The Labute approximate surface area is 98.0 Å². The van der Waals surface area contributed by atoms with Gasteiger partial charge < -0.3 is 0 Å². The summed E-state index contributed by atoms with van der Waals surface area (Å²) in [5.74, 6) is 0. The van der Waals surface area contributed by atoms with Gasteiger partial charge in [0, 0.05) is 10.9 Å². The van der Waals surface area contributed by atoms with E-state index in [-0.39, 0.29) is 0 Å². The van der Waals surface area contributed by atoms with Crippen LogP contribution in [0.2, 0.25) is 0 Å². The topological polar surface area (TPSA) is 3.24 Å². The normalized spacial score (nSPS) is 13.1. The van der Waals surface area contributed by atoms with Crippen LogP contribution in [0.3, 0.4) is 0 Å². The summed E-state index contributed by atoms with van der Waals surface area (Å²) < 4.78 is 2.34. The van der Waals surface area contributed by atoms with Crippen molar-refractivity contribution in [1.82, 2.24) is 4.31 Å². The maximum Gasteiger partial charge on any atom is 0.0230 e. The standard InChI is InChI=1S/C13H21NS/c1-5-6-12(3)14(4)15-13-9-7-11(2)8-10-13/h7-10,12H,5-6H2,1-4H3. The molecule has 1 nitrogen and oxygen atoms in total. The average molecular weight is 223 g/mol. The van der Waals surface area contributed by atoms with Crippen LogP contribution < -0.4 is 0 Å². The largest absolute Gasteiger partial charge is 0.247 e. The Hall–Kier alpha value is -0.470. The summed E-state index contributed by atoms with van der Waals surface area (Å²) >= 11 is 1.83. The lowest BCUT2D eigenvalue weighted by Gasteiger charge is -2.22. The fourth-order valence-electron chi connectivity index (χ4n) is 1.45. The third-order valence-electron chi connectivity index (χ3n) is 2.60. The van der Waals surface area contributed by atoms with Crippen LogP contribution in [0, 0.1) is 6.92 Å². The summed E-state index contributed by atoms with van der Waals surface area (Å²) in [7, 11) is 2.17. The second-order valence-electron chi connectivity index (χ2n) is 4.09. The lowest BCUT2D eigenvalue weighted by atomic mass is 10.2. The summed E-state index contributed by atoms with van der Waals surface area (Å²) in [6, 6.07) is 9.35. The highest BCUT2D eigenvalue weighted by molar-refractivity contribution is 7.97. The van der Waals surface area contributed by atoms with E-state index >= 15 is 0 Å². The molecule has 0 fully saturated rings. The second-order valence-corrected chi connectivity index (χ2v) is 5.32. The van der Waals surface area contributed by atoms with Crippen molar-refractivity contribution in [1.29, 1.82) is 0 Å². The summed E-state index contributed by atoms with van der Waals surface area (Å²) in [5.41, 5.74) is 1.32. The van der Waals surface area contributed by atoms with Gasteiger partial charge in [-0.05, 0) is 51.4 Å². The Kier molecular flexibility index (Phi) is 5.20. The molecule has 0 saturated carbocycles. The van der Waals surface area contributed by atoms with Gasteiger partial charge >= 0.3 is 0 Å². The van der Waals surface area contributed by atoms with Crippen molar-refractivity contribution in [3.8, 4) is 0 Å². The molecule has 0 aromatic heterocycles. The molecule has 0 bridgehead atoms. The minimum Gasteiger partial charge on any atom is -0.247 e. The highest BCUT2D eigenvalue weighted by atomic mass is 32.2. The van der Waals surface area contributed by atoms with Crippen LogP contribution in [0.4, 0.5) is 0 Å². The molecule has 0 aliphatic rings. The predicted molar refractivity (Wildman–Crippen MR) is 69.2 cm³/mol. The summed E-state index contributed by atoms with van der Waals surface area (Å²) in [6.45, 7) is 6.64. The third-order valence-corrected chi connectivity index (χ3v) is 3.73. The molecule has 84 valence electrons. The zero-order valence-electron chi connectivity index (χ0n) is 10.2. The van der Waals surface area contributed by atoms with E-state index in [2.05, 4.69) is 56.4 Å². The molecule has 0 aliphatic carbocycles. The summed E-state index contributed by atoms with van der Waals surface area (Å²) in [6.07, 6.45) is 2.51. The SMILES string of the molecule is CCCC(C)N(C)Sc1ccc(C)cc1. The molecular weight excluding hydrogens is 202 g/mol. The monoisotopic (exact) mass is 223 g/mol. The molecule has 0 N–H and O–H groups in total. The van der Waals surface area contributed by atoms with Crippen molar-refractivity contribution < 1.29 is 0 Å². The van der Waals surface area contributed by atoms with E-state index in [0.717, 1.165) is 0 Å². The zero-order chi connectivity index (χ0) is 11.3. The van der Waals surface area contributed by atoms with Gasteiger partial charge in [0.15, 0.2) is 0 Å². The minimum atomic E-state index is 0.640. The molecule has 0 heterocycles. The second kappa shape index (κ2) is 6.19. The van der Waals surface area contributed by atoms with E-state index in [1.165, 1.54) is 23.3 Å². The van der Waals surface area contributed by atoms with Crippen molar-refractivity contribution in [2.45, 2.75) is 44.6 Å². The molecule has 1 aromatic carbocycles. The van der Waals surface area contributed by atoms with Crippen LogP contribution in [-0.2, 0) is 0 Å². The van der Waals surface area contributed by atoms with Gasteiger partial charge in [0.1, 0.15) is 0 Å². The van der Waals surface area contributed by atoms with Crippen LogP contribution in [0.1, 0.15) is 32.3 Å². The highest BCUT2D eigenvalue weighted by Crippen LogP contribution is 2.24. The molecule has 0 radical (unpaired) electrons. The Morgan fingerprint density at radius 1 is 1.27 bits per heavy atom. The average Bonchev–Trinajstić information content (AvgIpc) is 2.22. The quantitative estimate of drug-likeness (QED) is 0.691. The van der Waals surface area contributed by atoms with Gasteiger partial charge in [-0.3, -0.25) is 0 Å². The number of nitrogens with zero attached hydrogens (tertiary/aromatic N) is 1. The number of aryl methyl sites for hydroxylation is 1. The Bertz CT molecular complexity index is 281. The van der Waals surface area contributed by atoms with Gasteiger partial charge in [0.2, 0.25) is 0 Å². The minimum absolute atomic E-state index is 0.640. The highest BCUT2D eigenvalue weighted by Gasteiger charge is 2.08. The Morgan fingerprint density at radius 2 is 1.87 bits per heavy atom. The number of hydrogen-bond donors (Lipinski definition) is 0. The first-order chi connectivity index (χ1) is 7.13. The van der Waals surface area contributed by atoms with E-state index in [0.29, 0.717) is 6.04 Å². The lowest BCUT2D eigenvalue weighted by molar-refractivity contribution is 0.408. The van der Waals surface area contributed by atoms with Crippen LogP contribution >= 0.6 is 11.9 Å². The maximum absolute atomic E-state index is 2.34. The molecule has 1 unspecified atom stereocenters. The molecule has 0 spiro atoms. The van der Waals surface area contributed by atoms with Crippen molar-refractivity contribution >= 4 is 11.9 Å². The van der Waals surface area contributed by atoms with Gasteiger partial charge in [-0.2, -0.15) is 0 Å². The zero-order valence-corrected chi connectivity index (χ0v) is 11.0. The molecule has 1 atom stereocenters. The summed E-state index contributed by atoms with van der Waals surface area (Å²) in [4.78, 5) is 1.33. The Morgan fingerprint density at radius 3 is 2.40 bits per heavy atom. The Balaban J connectivity index is 2.50. The summed E-state index contributed by atoms with van der Waals surface area (Å²) in [5, 5.41) is 0. The molecule has 1 aromatic rings. The molecule has 2 heteroatoms. The van der Waals surface area contributed by atoms with Gasteiger partial charge in [-0.25, -0.2) is 4.31 Å². The van der Waals surface area contributed by atoms with Crippen LogP contribution in [0.25, 0.3) is 0 Å². The molecular formula is C13H21NS.